The van der Waals surface area contributed by atoms with E-state index in [1.54, 1.807) is 21.5 Å². The predicted molar refractivity (Wildman–Crippen MR) is 154 cm³/mol. The van der Waals surface area contributed by atoms with Crippen molar-refractivity contribution in [2.24, 2.45) is 12.8 Å². The maximum absolute atomic E-state index is 13.4. The monoisotopic (exact) mass is 530 g/mol. The molecule has 10 nitrogen and oxygen atoms in total. The van der Waals surface area contributed by atoms with Crippen LogP contribution in [0.1, 0.15) is 34.2 Å². The average molecular weight is 531 g/mol. The molecule has 40 heavy (non-hydrogen) atoms. The second kappa shape index (κ2) is 11.0. The zero-order valence-corrected chi connectivity index (χ0v) is 21.9. The summed E-state index contributed by atoms with van der Waals surface area (Å²) >= 11 is 0. The van der Waals surface area contributed by atoms with Crippen LogP contribution in [0, 0.1) is 11.8 Å². The third-order valence-corrected chi connectivity index (χ3v) is 6.25. The normalized spacial score (nSPS) is 10.6. The summed E-state index contributed by atoms with van der Waals surface area (Å²) in [5.41, 5.74) is 14.6. The molecule has 2 aromatic carbocycles. The highest BCUT2D eigenvalue weighted by Gasteiger charge is 2.14. The highest BCUT2D eigenvalue weighted by Crippen LogP contribution is 2.20. The SMILES string of the molecule is CCc1cc2cccc(C#Cc3ccn(C)n3)c2c(=O)n1-c1ccccc1.NC(=O)c1c(N)nn2cnccc12. The predicted octanol–water partition coefficient (Wildman–Crippen LogP) is 3.10. The van der Waals surface area contributed by atoms with Crippen LogP contribution >= 0.6 is 0 Å². The largest absolute Gasteiger partial charge is 0.382 e. The van der Waals surface area contributed by atoms with E-state index in [9.17, 15) is 9.59 Å². The number of carbonyl (C=O) groups excluding carboxylic acids is 1. The van der Waals surface area contributed by atoms with Gasteiger partial charge in [-0.25, -0.2) is 9.50 Å². The molecule has 1 amide bonds. The van der Waals surface area contributed by atoms with Gasteiger partial charge in [0.05, 0.1) is 10.9 Å². The Morgan fingerprint density at radius 2 is 1.80 bits per heavy atom. The number of hydrogen-bond donors (Lipinski definition) is 2. The quantitative estimate of drug-likeness (QED) is 0.337. The minimum atomic E-state index is -0.585. The molecular formula is C30H26N8O2. The van der Waals surface area contributed by atoms with E-state index in [0.717, 1.165) is 28.8 Å². The van der Waals surface area contributed by atoms with Gasteiger partial charge in [0, 0.05) is 36.4 Å². The molecule has 0 saturated carbocycles. The summed E-state index contributed by atoms with van der Waals surface area (Å²) in [5.74, 6) is 5.73. The number of anilines is 1. The van der Waals surface area contributed by atoms with Crippen molar-refractivity contribution < 1.29 is 4.79 Å². The van der Waals surface area contributed by atoms with Crippen LogP contribution in [0.2, 0.25) is 0 Å². The first-order chi connectivity index (χ1) is 19.4. The van der Waals surface area contributed by atoms with E-state index < -0.39 is 5.91 Å². The summed E-state index contributed by atoms with van der Waals surface area (Å²) in [7, 11) is 1.86. The number of hydrogen-bond acceptors (Lipinski definition) is 6. The molecule has 0 fully saturated rings. The lowest BCUT2D eigenvalue weighted by Crippen LogP contribution is -2.22. The molecule has 0 spiro atoms. The van der Waals surface area contributed by atoms with Gasteiger partial charge in [-0.1, -0.05) is 43.2 Å². The number of carbonyl (C=O) groups is 1. The Morgan fingerprint density at radius 3 is 2.50 bits per heavy atom. The fraction of sp³-hybridized carbons (Fsp3) is 0.100. The Hall–Kier alpha value is -5.69. The average Bonchev–Trinajstić information content (AvgIpc) is 3.53. The van der Waals surface area contributed by atoms with Crippen LogP contribution in [0.3, 0.4) is 0 Å². The van der Waals surface area contributed by atoms with Gasteiger partial charge in [-0.05, 0) is 54.1 Å². The lowest BCUT2D eigenvalue weighted by molar-refractivity contribution is 0.100. The van der Waals surface area contributed by atoms with Crippen molar-refractivity contribution in [3.05, 3.63) is 118 Å². The molecule has 6 aromatic rings. The van der Waals surface area contributed by atoms with Crippen molar-refractivity contribution in [3.63, 3.8) is 0 Å². The first-order valence-corrected chi connectivity index (χ1v) is 12.5. The Morgan fingerprint density at radius 1 is 1.00 bits per heavy atom. The lowest BCUT2D eigenvalue weighted by atomic mass is 10.0. The van der Waals surface area contributed by atoms with Gasteiger partial charge < -0.3 is 11.5 Å². The van der Waals surface area contributed by atoms with Gasteiger partial charge in [-0.3, -0.25) is 18.8 Å². The van der Waals surface area contributed by atoms with Gasteiger partial charge in [0.25, 0.3) is 11.5 Å². The molecule has 0 radical (unpaired) electrons. The van der Waals surface area contributed by atoms with E-state index in [0.29, 0.717) is 16.6 Å². The third-order valence-electron chi connectivity index (χ3n) is 6.25. The van der Waals surface area contributed by atoms with Crippen molar-refractivity contribution in [2.45, 2.75) is 13.3 Å². The summed E-state index contributed by atoms with van der Waals surface area (Å²) in [6.07, 6.45) is 5.62. The molecule has 4 N–H and O–H groups in total. The Balaban J connectivity index is 0.000000207. The van der Waals surface area contributed by atoms with Gasteiger partial charge >= 0.3 is 0 Å². The number of fused-ring (bicyclic) bond motifs is 2. The number of benzene rings is 2. The van der Waals surface area contributed by atoms with Crippen molar-refractivity contribution >= 4 is 28.0 Å². The van der Waals surface area contributed by atoms with E-state index in [-0.39, 0.29) is 16.9 Å². The smallest absolute Gasteiger partial charge is 0.264 e. The Kier molecular flexibility index (Phi) is 7.11. The molecule has 0 unspecified atom stereocenters. The molecule has 10 heteroatoms. The van der Waals surface area contributed by atoms with Gasteiger partial charge in [0.1, 0.15) is 17.6 Å². The molecule has 0 aliphatic rings. The lowest BCUT2D eigenvalue weighted by Gasteiger charge is -2.14. The molecule has 4 aromatic heterocycles. The van der Waals surface area contributed by atoms with Crippen LogP contribution in [0.15, 0.2) is 90.2 Å². The zero-order chi connectivity index (χ0) is 28.2. The molecular weight excluding hydrogens is 504 g/mol. The number of primary amides is 1. The highest BCUT2D eigenvalue weighted by molar-refractivity contribution is 6.04. The summed E-state index contributed by atoms with van der Waals surface area (Å²) in [6.45, 7) is 2.06. The maximum Gasteiger partial charge on any atom is 0.264 e. The van der Waals surface area contributed by atoms with Crippen LogP contribution in [0.4, 0.5) is 5.82 Å². The number of pyridine rings is 1. The summed E-state index contributed by atoms with van der Waals surface area (Å²) in [4.78, 5) is 28.2. The topological polar surface area (TPSA) is 139 Å². The number of aromatic nitrogens is 6. The van der Waals surface area contributed by atoms with Gasteiger partial charge in [0.2, 0.25) is 0 Å². The zero-order valence-electron chi connectivity index (χ0n) is 21.9. The minimum absolute atomic E-state index is 0.0403. The number of amides is 1. The van der Waals surface area contributed by atoms with E-state index in [1.807, 2.05) is 67.8 Å². The summed E-state index contributed by atoms with van der Waals surface area (Å²) in [5, 5.41) is 9.70. The molecule has 0 aliphatic carbocycles. The summed E-state index contributed by atoms with van der Waals surface area (Å²) < 4.78 is 4.91. The summed E-state index contributed by atoms with van der Waals surface area (Å²) in [6, 6.07) is 21.1. The van der Waals surface area contributed by atoms with Gasteiger partial charge in [0.15, 0.2) is 5.82 Å². The fourth-order valence-electron chi connectivity index (χ4n) is 4.43. The third kappa shape index (κ3) is 5.04. The van der Waals surface area contributed by atoms with Crippen molar-refractivity contribution in [1.82, 2.24) is 28.9 Å². The molecule has 0 aliphatic heterocycles. The molecule has 0 atom stereocenters. The molecule has 198 valence electrons. The Bertz CT molecular complexity index is 1970. The molecule has 0 bridgehead atoms. The number of aryl methyl sites for hydroxylation is 2. The van der Waals surface area contributed by atoms with E-state index >= 15 is 0 Å². The first-order valence-electron chi connectivity index (χ1n) is 12.5. The van der Waals surface area contributed by atoms with E-state index in [2.05, 4.69) is 40.0 Å². The Labute approximate surface area is 229 Å². The van der Waals surface area contributed by atoms with Crippen LogP contribution in [-0.2, 0) is 13.5 Å². The molecule has 6 rings (SSSR count). The van der Waals surface area contributed by atoms with E-state index in [1.165, 1.54) is 10.8 Å². The highest BCUT2D eigenvalue weighted by atomic mass is 16.1. The molecule has 4 heterocycles. The standard InChI is InChI=1S/C23H19N3O.C7H7N5O/c1-3-20-16-18-9-7-8-17(12-13-19-14-15-25(2)24-19)22(18)23(27)26(20)21-10-5-4-6-11-21;8-6-5(7(9)13)4-1-2-10-3-12(4)11-6/h4-11,14-16H,3H2,1-2H3;1-3H,(H2,8,11)(H2,9,13). The second-order valence-electron chi connectivity index (χ2n) is 8.89. The number of nitrogens with zero attached hydrogens (tertiary/aromatic N) is 6. The van der Waals surface area contributed by atoms with E-state index in [4.69, 9.17) is 11.5 Å². The van der Waals surface area contributed by atoms with Crippen molar-refractivity contribution in [1.29, 1.82) is 0 Å². The van der Waals surface area contributed by atoms with Gasteiger partial charge in [-0.15, -0.1) is 5.10 Å². The van der Waals surface area contributed by atoms with Crippen molar-refractivity contribution in [2.75, 3.05) is 5.73 Å². The van der Waals surface area contributed by atoms with Crippen LogP contribution in [-0.4, -0.2) is 34.9 Å². The number of nitrogen functional groups attached to an aromatic ring is 1. The maximum atomic E-state index is 13.4. The number of para-hydroxylation sites is 1. The van der Waals surface area contributed by atoms with Crippen LogP contribution < -0.4 is 17.0 Å². The van der Waals surface area contributed by atoms with Crippen LogP contribution in [0.25, 0.3) is 22.0 Å². The second-order valence-corrected chi connectivity index (χ2v) is 8.89. The minimum Gasteiger partial charge on any atom is -0.382 e. The number of rotatable bonds is 3. The fourth-order valence-corrected chi connectivity index (χ4v) is 4.43. The first kappa shape index (κ1) is 25.9. The number of nitrogens with two attached hydrogens (primary N) is 2. The van der Waals surface area contributed by atoms with Crippen molar-refractivity contribution in [3.8, 4) is 17.5 Å². The van der Waals surface area contributed by atoms with Crippen LogP contribution in [0.5, 0.6) is 0 Å². The molecule has 0 saturated heterocycles. The van der Waals surface area contributed by atoms with Gasteiger partial charge in [-0.2, -0.15) is 5.10 Å².